The fourth-order valence-corrected chi connectivity index (χ4v) is 3.29. The van der Waals surface area contributed by atoms with Gasteiger partial charge in [0.05, 0.1) is 11.2 Å². The zero-order valence-corrected chi connectivity index (χ0v) is 16.0. The molecule has 0 aliphatic carbocycles. The van der Waals surface area contributed by atoms with Crippen LogP contribution >= 0.6 is 0 Å². The first-order valence-electron chi connectivity index (χ1n) is 9.06. The summed E-state index contributed by atoms with van der Waals surface area (Å²) in [6.07, 6.45) is 4.74. The molecule has 138 valence electrons. The minimum absolute atomic E-state index is 0.358. The van der Waals surface area contributed by atoms with Crippen molar-refractivity contribution in [2.24, 2.45) is 5.73 Å². The van der Waals surface area contributed by atoms with Gasteiger partial charge in [0.2, 0.25) is 5.95 Å². The lowest BCUT2D eigenvalue weighted by Crippen LogP contribution is -2.41. The van der Waals surface area contributed by atoms with Crippen LogP contribution in [-0.2, 0) is 9.31 Å². The fourth-order valence-electron chi connectivity index (χ4n) is 3.29. The van der Waals surface area contributed by atoms with E-state index in [1.54, 1.807) is 0 Å². The van der Waals surface area contributed by atoms with Gasteiger partial charge in [0, 0.05) is 57.1 Å². The Hall–Kier alpha value is -1.22. The third kappa shape index (κ3) is 3.67. The number of rotatable bonds is 5. The molecule has 0 radical (unpaired) electrons. The molecule has 2 saturated heterocycles. The number of hydrogen-bond donors (Lipinski definition) is 1. The predicted molar refractivity (Wildman–Crippen MR) is 100 cm³/mol. The first kappa shape index (κ1) is 18.6. The number of likely N-dealkylation sites (N-methyl/N-ethyl adjacent to an activating group) is 1. The predicted octanol–water partition coefficient (Wildman–Crippen LogP) is 0.245. The number of nitrogens with two attached hydrogens (primary N) is 1. The smallest absolute Gasteiger partial charge is 0.399 e. The Bertz CT molecular complexity index is 579. The molecule has 2 aliphatic heterocycles. The molecule has 0 amide bonds. The van der Waals surface area contributed by atoms with E-state index in [-0.39, 0.29) is 11.2 Å². The number of nitrogens with zero attached hydrogens (tertiary/aromatic N) is 4. The summed E-state index contributed by atoms with van der Waals surface area (Å²) in [5, 5.41) is 0. The standard InChI is InChI=1S/C17H30BN5O2/c1-16(2)17(3,4)25-18(24-16)13-10-20-15(21-11-13)22(5)14-6-8-23(12-14)9-7-19/h10-11,14H,6-9,12,19H2,1-5H3/t14-/m0/s1. The van der Waals surface area contributed by atoms with Gasteiger partial charge in [-0.05, 0) is 34.1 Å². The van der Waals surface area contributed by atoms with Crippen molar-refractivity contribution < 1.29 is 9.31 Å². The van der Waals surface area contributed by atoms with E-state index in [1.807, 2.05) is 40.1 Å². The summed E-state index contributed by atoms with van der Waals surface area (Å²) in [6, 6.07) is 0.425. The van der Waals surface area contributed by atoms with Crippen LogP contribution in [0.4, 0.5) is 5.95 Å². The Balaban J connectivity index is 1.65. The molecule has 0 saturated carbocycles. The second-order valence-corrected chi connectivity index (χ2v) is 8.05. The lowest BCUT2D eigenvalue weighted by atomic mass is 9.81. The highest BCUT2D eigenvalue weighted by molar-refractivity contribution is 6.61. The lowest BCUT2D eigenvalue weighted by molar-refractivity contribution is 0.00578. The molecule has 2 fully saturated rings. The highest BCUT2D eigenvalue weighted by Crippen LogP contribution is 2.36. The average Bonchev–Trinajstić information content (AvgIpc) is 3.10. The van der Waals surface area contributed by atoms with Gasteiger partial charge in [-0.1, -0.05) is 0 Å². The molecule has 0 unspecified atom stereocenters. The molecule has 1 aromatic heterocycles. The summed E-state index contributed by atoms with van der Waals surface area (Å²) >= 11 is 0. The molecule has 2 aliphatic rings. The molecule has 8 heteroatoms. The van der Waals surface area contributed by atoms with Crippen LogP contribution in [0.5, 0.6) is 0 Å². The molecule has 0 spiro atoms. The molecule has 3 heterocycles. The molecule has 7 nitrogen and oxygen atoms in total. The number of hydrogen-bond acceptors (Lipinski definition) is 7. The minimum Gasteiger partial charge on any atom is -0.399 e. The highest BCUT2D eigenvalue weighted by atomic mass is 16.7. The monoisotopic (exact) mass is 347 g/mol. The molecular weight excluding hydrogens is 317 g/mol. The fraction of sp³-hybridized carbons (Fsp3) is 0.765. The first-order chi connectivity index (χ1) is 11.7. The van der Waals surface area contributed by atoms with Crippen molar-refractivity contribution in [3.05, 3.63) is 12.4 Å². The van der Waals surface area contributed by atoms with E-state index in [2.05, 4.69) is 26.8 Å². The maximum atomic E-state index is 6.06. The largest absolute Gasteiger partial charge is 0.498 e. The SMILES string of the molecule is CN(c1ncc(B2OC(C)(C)C(C)(C)O2)cn1)[C@H]1CCN(CCN)C1. The molecule has 0 bridgehead atoms. The maximum Gasteiger partial charge on any atom is 0.498 e. The minimum atomic E-state index is -0.420. The van der Waals surface area contributed by atoms with Crippen molar-refractivity contribution >= 4 is 18.5 Å². The van der Waals surface area contributed by atoms with Crippen LogP contribution in [0.15, 0.2) is 12.4 Å². The third-order valence-electron chi connectivity index (χ3n) is 5.74. The second-order valence-electron chi connectivity index (χ2n) is 8.05. The number of aromatic nitrogens is 2. The maximum absolute atomic E-state index is 6.06. The summed E-state index contributed by atoms with van der Waals surface area (Å²) in [7, 11) is 1.64. The summed E-state index contributed by atoms with van der Waals surface area (Å²) in [5.41, 5.74) is 5.79. The Labute approximate surface area is 151 Å². The number of anilines is 1. The van der Waals surface area contributed by atoms with Gasteiger partial charge in [0.1, 0.15) is 0 Å². The summed E-state index contributed by atoms with van der Waals surface area (Å²) in [5.74, 6) is 0.736. The molecule has 3 rings (SSSR count). The van der Waals surface area contributed by atoms with Crippen molar-refractivity contribution in [2.75, 3.05) is 38.1 Å². The van der Waals surface area contributed by atoms with Crippen molar-refractivity contribution in [1.29, 1.82) is 0 Å². The summed E-state index contributed by atoms with van der Waals surface area (Å²) in [4.78, 5) is 13.6. The average molecular weight is 347 g/mol. The first-order valence-corrected chi connectivity index (χ1v) is 9.06. The Morgan fingerprint density at radius 3 is 2.40 bits per heavy atom. The quantitative estimate of drug-likeness (QED) is 0.765. The molecule has 2 N–H and O–H groups in total. The summed E-state index contributed by atoms with van der Waals surface area (Å²) < 4.78 is 12.1. The second kappa shape index (κ2) is 6.83. The van der Waals surface area contributed by atoms with Gasteiger partial charge in [0.25, 0.3) is 0 Å². The third-order valence-corrected chi connectivity index (χ3v) is 5.74. The van der Waals surface area contributed by atoms with Crippen LogP contribution < -0.4 is 16.1 Å². The van der Waals surface area contributed by atoms with Gasteiger partial charge >= 0.3 is 7.12 Å². The van der Waals surface area contributed by atoms with E-state index in [1.165, 1.54) is 0 Å². The van der Waals surface area contributed by atoms with Gasteiger partial charge in [-0.3, -0.25) is 4.90 Å². The van der Waals surface area contributed by atoms with E-state index in [9.17, 15) is 0 Å². The topological polar surface area (TPSA) is 76.7 Å². The van der Waals surface area contributed by atoms with Gasteiger partial charge in [-0.25, -0.2) is 9.97 Å². The van der Waals surface area contributed by atoms with Crippen LogP contribution in [0.1, 0.15) is 34.1 Å². The van der Waals surface area contributed by atoms with Crippen LogP contribution in [0, 0.1) is 0 Å². The van der Waals surface area contributed by atoms with Crippen LogP contribution in [0.3, 0.4) is 0 Å². The van der Waals surface area contributed by atoms with Crippen molar-refractivity contribution in [2.45, 2.75) is 51.4 Å². The lowest BCUT2D eigenvalue weighted by Gasteiger charge is -2.32. The van der Waals surface area contributed by atoms with Crippen LogP contribution in [0.25, 0.3) is 0 Å². The highest BCUT2D eigenvalue weighted by Gasteiger charge is 2.52. The van der Waals surface area contributed by atoms with E-state index >= 15 is 0 Å². The zero-order valence-electron chi connectivity index (χ0n) is 16.0. The van der Waals surface area contributed by atoms with E-state index < -0.39 is 7.12 Å². The number of likely N-dealkylation sites (tertiary alicyclic amines) is 1. The molecule has 25 heavy (non-hydrogen) atoms. The van der Waals surface area contributed by atoms with E-state index in [0.29, 0.717) is 12.6 Å². The van der Waals surface area contributed by atoms with Crippen LogP contribution in [0.2, 0.25) is 0 Å². The van der Waals surface area contributed by atoms with Crippen molar-refractivity contribution in [1.82, 2.24) is 14.9 Å². The van der Waals surface area contributed by atoms with Gasteiger partial charge in [0.15, 0.2) is 0 Å². The molecule has 0 aromatic carbocycles. The van der Waals surface area contributed by atoms with Crippen molar-refractivity contribution in [3.8, 4) is 0 Å². The van der Waals surface area contributed by atoms with Crippen molar-refractivity contribution in [3.63, 3.8) is 0 Å². The molecule has 1 atom stereocenters. The Morgan fingerprint density at radius 1 is 1.24 bits per heavy atom. The van der Waals surface area contributed by atoms with E-state index in [0.717, 1.165) is 37.5 Å². The van der Waals surface area contributed by atoms with E-state index in [4.69, 9.17) is 15.0 Å². The van der Waals surface area contributed by atoms with Gasteiger partial charge in [-0.15, -0.1) is 0 Å². The molecular formula is C17H30BN5O2. The van der Waals surface area contributed by atoms with Gasteiger partial charge < -0.3 is 19.9 Å². The normalized spacial score (nSPS) is 25.5. The Morgan fingerprint density at radius 2 is 1.84 bits per heavy atom. The molecule has 1 aromatic rings. The van der Waals surface area contributed by atoms with Crippen LogP contribution in [-0.4, -0.2) is 72.5 Å². The van der Waals surface area contributed by atoms with Gasteiger partial charge in [-0.2, -0.15) is 0 Å². The summed E-state index contributed by atoms with van der Waals surface area (Å²) in [6.45, 7) is 11.9. The zero-order chi connectivity index (χ0) is 18.2. The Kier molecular flexibility index (Phi) is 5.08.